The van der Waals surface area contributed by atoms with E-state index in [0.717, 1.165) is 5.75 Å². The molecule has 5 heteroatoms. The van der Waals surface area contributed by atoms with Crippen LogP contribution < -0.4 is 11.5 Å². The summed E-state index contributed by atoms with van der Waals surface area (Å²) in [6, 6.07) is 0. The summed E-state index contributed by atoms with van der Waals surface area (Å²) < 4.78 is 0. The van der Waals surface area contributed by atoms with Crippen LogP contribution in [0.5, 0.6) is 0 Å². The molecule has 0 rings (SSSR count). The van der Waals surface area contributed by atoms with Gasteiger partial charge in [0.05, 0.1) is 0 Å². The van der Waals surface area contributed by atoms with E-state index in [0.29, 0.717) is 0 Å². The van der Waals surface area contributed by atoms with Crippen LogP contribution in [0.3, 0.4) is 0 Å². The molecule has 0 bridgehead atoms. The van der Waals surface area contributed by atoms with Gasteiger partial charge in [-0.15, -0.1) is 18.2 Å². The molecule has 0 aliphatic carbocycles. The van der Waals surface area contributed by atoms with Gasteiger partial charge in [-0.3, -0.25) is 5.41 Å². The first-order valence-corrected chi connectivity index (χ1v) is 4.15. The van der Waals surface area contributed by atoms with Crippen molar-refractivity contribution in [1.82, 2.24) is 0 Å². The molecule has 0 aliphatic rings. The Morgan fingerprint density at radius 2 is 2.11 bits per heavy atom. The highest BCUT2D eigenvalue weighted by Crippen LogP contribution is 2.01. The van der Waals surface area contributed by atoms with Gasteiger partial charge in [0.25, 0.3) is 0 Å². The molecule has 0 radical (unpaired) electrons. The summed E-state index contributed by atoms with van der Waals surface area (Å²) in [6.07, 6.45) is 1.82. The molecule has 3 nitrogen and oxygen atoms in total. The Bertz CT molecular complexity index is 79.9. The fraction of sp³-hybridized carbons (Fsp3) is 0.250. The number of thiol groups is 1. The van der Waals surface area contributed by atoms with Gasteiger partial charge >= 0.3 is 0 Å². The molecule has 0 aliphatic heterocycles. The largest absolute Gasteiger partial charge is 0.370 e. The third-order valence-electron chi connectivity index (χ3n) is 0.192. The van der Waals surface area contributed by atoms with Crippen LogP contribution in [0.1, 0.15) is 0 Å². The molecule has 0 atom stereocenters. The lowest BCUT2D eigenvalue weighted by Gasteiger charge is -1.72. The van der Waals surface area contributed by atoms with Crippen molar-refractivity contribution in [3.63, 3.8) is 0 Å². The molecule has 0 aromatic carbocycles. The van der Waals surface area contributed by atoms with Crippen LogP contribution in [-0.2, 0) is 0 Å². The predicted molar refractivity (Wildman–Crippen MR) is 47.7 cm³/mol. The predicted octanol–water partition coefficient (Wildman–Crippen LogP) is 0.589. The summed E-state index contributed by atoms with van der Waals surface area (Å²) in [7, 11) is 1.48. The molecule has 0 aromatic rings. The van der Waals surface area contributed by atoms with E-state index in [1.165, 1.54) is 10.8 Å². The number of hydrogen-bond acceptors (Lipinski definition) is 3. The summed E-state index contributed by atoms with van der Waals surface area (Å²) in [5.74, 6) is 0.600. The second-order valence-electron chi connectivity index (χ2n) is 1.04. The molecule has 0 saturated heterocycles. The zero-order chi connectivity index (χ0) is 7.70. The van der Waals surface area contributed by atoms with Crippen LogP contribution >= 0.6 is 22.5 Å². The van der Waals surface area contributed by atoms with Crippen molar-refractivity contribution in [3.8, 4) is 0 Å². The van der Waals surface area contributed by atoms with Crippen molar-refractivity contribution in [2.45, 2.75) is 0 Å². The highest BCUT2D eigenvalue weighted by molar-refractivity contribution is 8.68. The van der Waals surface area contributed by atoms with Gasteiger partial charge in [0.15, 0.2) is 5.96 Å². The van der Waals surface area contributed by atoms with Crippen LogP contribution in [0, 0.1) is 5.41 Å². The van der Waals surface area contributed by atoms with E-state index in [2.05, 4.69) is 29.7 Å². The minimum atomic E-state index is -0.333. The average molecular weight is 165 g/mol. The van der Waals surface area contributed by atoms with Crippen LogP contribution in [0.4, 0.5) is 0 Å². The normalized spacial score (nSPS) is 6.78. The van der Waals surface area contributed by atoms with E-state index in [1.807, 2.05) is 6.08 Å². The fourth-order valence-corrected chi connectivity index (χ4v) is 0.474. The first-order valence-electron chi connectivity index (χ1n) is 2.12. The van der Waals surface area contributed by atoms with Crippen molar-refractivity contribution >= 4 is 28.4 Å². The molecule has 0 unspecified atom stereocenters. The van der Waals surface area contributed by atoms with E-state index in [9.17, 15) is 0 Å². The molecule has 0 spiro atoms. The summed E-state index contributed by atoms with van der Waals surface area (Å²) >= 11 is 3.85. The lowest BCUT2D eigenvalue weighted by molar-refractivity contribution is 1.39. The van der Waals surface area contributed by atoms with E-state index >= 15 is 0 Å². The molecule has 0 amide bonds. The molecule has 5 N–H and O–H groups in total. The first-order chi connectivity index (χ1) is 4.15. The molecule has 0 saturated carbocycles. The highest BCUT2D eigenvalue weighted by atomic mass is 33.1. The third kappa shape index (κ3) is 86.0. The molecular formula is C4H11N3S2. The molecule has 0 heterocycles. The SMILES string of the molecule is C=CCSS.N=C(N)N. The van der Waals surface area contributed by atoms with E-state index < -0.39 is 0 Å². The summed E-state index contributed by atoms with van der Waals surface area (Å²) in [4.78, 5) is 0. The zero-order valence-corrected chi connectivity index (χ0v) is 6.71. The fourth-order valence-electron chi connectivity index (χ4n) is 0.0527. The number of nitrogens with one attached hydrogen (secondary N) is 1. The molecule has 54 valence electrons. The van der Waals surface area contributed by atoms with Gasteiger partial charge in [0.2, 0.25) is 0 Å². The minimum Gasteiger partial charge on any atom is -0.370 e. The van der Waals surface area contributed by atoms with Gasteiger partial charge in [-0.05, 0) is 0 Å². The van der Waals surface area contributed by atoms with Gasteiger partial charge in [0, 0.05) is 5.75 Å². The quantitative estimate of drug-likeness (QED) is 0.159. The van der Waals surface area contributed by atoms with Crippen LogP contribution in [-0.4, -0.2) is 11.7 Å². The van der Waals surface area contributed by atoms with Gasteiger partial charge in [-0.2, -0.15) is 0 Å². The first kappa shape index (κ1) is 11.5. The second kappa shape index (κ2) is 10.6. The summed E-state index contributed by atoms with van der Waals surface area (Å²) in [5, 5.41) is 6.06. The second-order valence-corrected chi connectivity index (χ2v) is 2.41. The Labute approximate surface area is 64.2 Å². The number of nitrogens with two attached hydrogens (primary N) is 2. The van der Waals surface area contributed by atoms with Crippen molar-refractivity contribution < 1.29 is 0 Å². The Morgan fingerprint density at radius 3 is 2.11 bits per heavy atom. The topological polar surface area (TPSA) is 75.9 Å². The molecule has 0 aromatic heterocycles. The lowest BCUT2D eigenvalue weighted by atomic mass is 10.8. The monoisotopic (exact) mass is 165 g/mol. The molecule has 0 fully saturated rings. The standard InChI is InChI=1S/C3H6S2.CH5N3/c1-2-3-5-4;2-1(3)4/h2,4H,1,3H2;(H5,2,3,4). The summed E-state index contributed by atoms with van der Waals surface area (Å²) in [6.45, 7) is 3.48. The van der Waals surface area contributed by atoms with E-state index in [1.54, 1.807) is 0 Å². The van der Waals surface area contributed by atoms with Crippen LogP contribution in [0.2, 0.25) is 0 Å². The minimum absolute atomic E-state index is 0.333. The van der Waals surface area contributed by atoms with Crippen LogP contribution in [0.25, 0.3) is 0 Å². The highest BCUT2D eigenvalue weighted by Gasteiger charge is 1.62. The van der Waals surface area contributed by atoms with Gasteiger partial charge in [0.1, 0.15) is 0 Å². The van der Waals surface area contributed by atoms with Crippen molar-refractivity contribution in [2.75, 3.05) is 5.75 Å². The maximum absolute atomic E-state index is 6.06. The molecule has 9 heavy (non-hydrogen) atoms. The van der Waals surface area contributed by atoms with E-state index in [4.69, 9.17) is 5.41 Å². The Hall–Kier alpha value is -0.290. The summed E-state index contributed by atoms with van der Waals surface area (Å²) in [5.41, 5.74) is 8.94. The van der Waals surface area contributed by atoms with Crippen molar-refractivity contribution in [2.24, 2.45) is 11.5 Å². The van der Waals surface area contributed by atoms with Gasteiger partial charge < -0.3 is 11.5 Å². The van der Waals surface area contributed by atoms with Crippen LogP contribution in [0.15, 0.2) is 12.7 Å². The van der Waals surface area contributed by atoms with Gasteiger partial charge in [-0.25, -0.2) is 0 Å². The maximum atomic E-state index is 6.06. The number of guanidine groups is 1. The number of hydrogen-bond donors (Lipinski definition) is 4. The van der Waals surface area contributed by atoms with Crippen molar-refractivity contribution in [1.29, 1.82) is 5.41 Å². The Balaban J connectivity index is 0. The zero-order valence-electron chi connectivity index (χ0n) is 5.00. The Kier molecular flexibility index (Phi) is 13.6. The van der Waals surface area contributed by atoms with Crippen molar-refractivity contribution in [3.05, 3.63) is 12.7 Å². The molecular weight excluding hydrogens is 154 g/mol. The third-order valence-corrected chi connectivity index (χ3v) is 1.02. The number of rotatable bonds is 2. The Morgan fingerprint density at radius 1 is 1.78 bits per heavy atom. The average Bonchev–Trinajstić information content (AvgIpc) is 1.66. The smallest absolute Gasteiger partial charge is 0.183 e. The van der Waals surface area contributed by atoms with Gasteiger partial charge in [-0.1, -0.05) is 16.9 Å². The maximum Gasteiger partial charge on any atom is 0.183 e. The lowest BCUT2D eigenvalue weighted by Crippen LogP contribution is -2.20. The van der Waals surface area contributed by atoms with E-state index in [-0.39, 0.29) is 5.96 Å².